The van der Waals surface area contributed by atoms with Gasteiger partial charge < -0.3 is 94.3 Å². The summed E-state index contributed by atoms with van der Waals surface area (Å²) in [5, 5.41) is 82.3. The summed E-state index contributed by atoms with van der Waals surface area (Å²) in [7, 11) is 6.79. The van der Waals surface area contributed by atoms with Crippen LogP contribution in [0.1, 0.15) is 175 Å². The molecule has 34 heteroatoms. The highest BCUT2D eigenvalue weighted by molar-refractivity contribution is 8.00. The van der Waals surface area contributed by atoms with Crippen molar-refractivity contribution in [1.82, 2.24) is 39.8 Å². The van der Waals surface area contributed by atoms with Crippen molar-refractivity contribution >= 4 is 104 Å². The van der Waals surface area contributed by atoms with E-state index in [1.807, 2.05) is 58.0 Å². The van der Waals surface area contributed by atoms with Crippen molar-refractivity contribution in [1.29, 1.82) is 0 Å². The van der Waals surface area contributed by atoms with Crippen LogP contribution < -0.4 is 46.1 Å². The van der Waals surface area contributed by atoms with Crippen LogP contribution in [0.2, 0.25) is 0 Å². The van der Waals surface area contributed by atoms with Gasteiger partial charge in [0.15, 0.2) is 23.1 Å². The summed E-state index contributed by atoms with van der Waals surface area (Å²) in [6.07, 6.45) is 3.02. The van der Waals surface area contributed by atoms with E-state index in [1.54, 1.807) is 54.7 Å². The Kier molecular flexibility index (Phi) is 30.1. The quantitative estimate of drug-likeness (QED) is 0.0288. The fourth-order valence-electron chi connectivity index (χ4n) is 18.3. The third kappa shape index (κ3) is 18.5. The van der Waals surface area contributed by atoms with Crippen molar-refractivity contribution in [2.45, 2.75) is 265 Å². The highest BCUT2D eigenvalue weighted by Crippen LogP contribution is 2.50. The van der Waals surface area contributed by atoms with Crippen molar-refractivity contribution in [2.75, 3.05) is 110 Å². The summed E-state index contributed by atoms with van der Waals surface area (Å²) in [4.78, 5) is 85.1. The van der Waals surface area contributed by atoms with E-state index in [4.69, 9.17) is 46.9 Å². The third-order valence-electron chi connectivity index (χ3n) is 25.0. The Hall–Kier alpha value is -5.40. The number of thioether (sulfide) groups is 2. The van der Waals surface area contributed by atoms with Gasteiger partial charge in [-0.1, -0.05) is 26.7 Å². The number of pyridine rings is 2. The number of carboxylic acids is 2. The van der Waals surface area contributed by atoms with E-state index in [1.165, 1.54) is 44.7 Å². The minimum Gasteiger partial charge on any atom is -0.492 e. The van der Waals surface area contributed by atoms with Crippen molar-refractivity contribution in [3.8, 4) is 11.5 Å². The summed E-state index contributed by atoms with van der Waals surface area (Å²) < 4.78 is 66.4. The number of likely N-dealkylation sites (N-methyl/N-ethyl adjacent to an activating group) is 2. The SMILES string of the molecule is CCCC1CC(C(=O)N[C@H](C(C)Cl)[C@H]2O[C@](C)(SC)[C@H](O)[C@@H](O)[C@H]2O)N(C)C1.CCCC1CC(C(=O)N[C@H](C(C)Cl)[C@H]2O[C@](C)(SC)[C@H](OCN3CCN(c4c(F)c(C)c5c(=O)c(C(=O)O)c(C)n(C6CC6)c5c4OC)CC3C)[C@@H](O)[C@H]2O)N(C)C1.COc1c(N2CCNC(C)C2)c(F)c(C)c2c(=O)c(C(=O)O)c(C)n(C3CC3)c12. The topological polar surface area (TPSA) is 352 Å². The van der Waals surface area contributed by atoms with Gasteiger partial charge in [0.25, 0.3) is 0 Å². The van der Waals surface area contributed by atoms with Crippen molar-refractivity contribution in [3.05, 3.63) is 65.7 Å². The number of rotatable bonds is 25. The van der Waals surface area contributed by atoms with Gasteiger partial charge in [0.05, 0.1) is 70.9 Å². The Balaban J connectivity index is 0.000000204. The molecule has 644 valence electrons. The Morgan fingerprint density at radius 1 is 0.635 bits per heavy atom. The average molecular weight is 1700 g/mol. The first-order chi connectivity index (χ1) is 54.2. The number of hydrogen-bond donors (Lipinski definition) is 10. The predicted molar refractivity (Wildman–Crippen MR) is 444 cm³/mol. The van der Waals surface area contributed by atoms with Gasteiger partial charge in [-0.05, 0) is 159 Å². The number of aliphatic hydroxyl groups excluding tert-OH is 5. The Labute approximate surface area is 690 Å². The molecule has 6 aliphatic heterocycles. The summed E-state index contributed by atoms with van der Waals surface area (Å²) >= 11 is 15.6. The number of ether oxygens (including phenoxy) is 5. The number of benzene rings is 2. The van der Waals surface area contributed by atoms with Crippen LogP contribution in [-0.4, -0.2) is 289 Å². The van der Waals surface area contributed by atoms with E-state index in [9.17, 15) is 64.5 Å². The minimum absolute atomic E-state index is 0.0128. The molecule has 0 bridgehead atoms. The number of carbonyl (C=O) groups excluding carboxylic acids is 2. The molecule has 2 amide bonds. The summed E-state index contributed by atoms with van der Waals surface area (Å²) in [5.41, 5.74) is 0.377. The van der Waals surface area contributed by atoms with E-state index in [2.05, 4.69) is 39.6 Å². The molecule has 28 nitrogen and oxygen atoms in total. The zero-order valence-electron chi connectivity index (χ0n) is 69.6. The van der Waals surface area contributed by atoms with Gasteiger partial charge in [-0.2, -0.15) is 0 Å². The van der Waals surface area contributed by atoms with Crippen LogP contribution in [0.4, 0.5) is 20.2 Å². The third-order valence-corrected chi connectivity index (χ3v) is 27.9. The molecule has 2 aromatic heterocycles. The van der Waals surface area contributed by atoms with Crippen LogP contribution in [0.5, 0.6) is 11.5 Å². The summed E-state index contributed by atoms with van der Waals surface area (Å²) in [6.45, 7) is 26.4. The van der Waals surface area contributed by atoms with E-state index < -0.39 is 116 Å². The van der Waals surface area contributed by atoms with E-state index in [0.29, 0.717) is 85.0 Å². The molecule has 10 N–H and O–H groups in total. The first kappa shape index (κ1) is 91.9. The highest BCUT2D eigenvalue weighted by atomic mass is 35.5. The lowest BCUT2D eigenvalue weighted by Gasteiger charge is -2.51. The number of nitrogens with zero attached hydrogens (tertiary/aromatic N) is 7. The summed E-state index contributed by atoms with van der Waals surface area (Å²) in [5.74, 6) is -2.72. The van der Waals surface area contributed by atoms with Gasteiger partial charge in [-0.15, -0.1) is 46.7 Å². The standard InChI is InChI=1S/C41H61ClFN5O9S.C21H26FN3O4.C19H35ClN2O5S/c1-10-11-24-16-26(45(7)18-24)39(52)44-30(22(4)42)36-34(50)35(51)38(41(6,57-36)58-9)56-19-47-15-14-46(17-20(47)2)32-29(43)21(3)27-31(37(32)55-8)48(25-12-13-25)23(5)28(33(27)49)40(53)54;1-10-9-24(8-7-23-10)18-16(22)11(2)14-17(20(18)29-4)25(13-5-6-13)12(3)15(19(14)26)21(27)28;1-6-7-11-8-12(22(4)9-11)18(26)21-13(10(2)20)16-14(23)15(24)17(25)19(3,27-16)28-5/h20,22,24-26,30,34-36,38,50-51H,10-19H2,1-9H3,(H,44,52)(H,53,54);10,13,23H,5-9H2,1-4H3,(H,27,28);10-17,23-25H,6-9H2,1-5H3,(H,21,26)/t20?,22?,24?,26?,30-,34-,35+,36-,38-,41-;;10?,11?,12?,13-,14-,15+,16-,17-,19-/m1.1/s1. The van der Waals surface area contributed by atoms with Crippen LogP contribution >= 0.6 is 46.7 Å². The lowest BCUT2D eigenvalue weighted by molar-refractivity contribution is -0.256. The average Bonchev–Trinajstić information content (AvgIpc) is 1.71. The van der Waals surface area contributed by atoms with Crippen molar-refractivity contribution in [2.24, 2.45) is 11.8 Å². The number of carbonyl (C=O) groups is 4. The molecule has 8 aliphatic rings. The number of anilines is 2. The van der Waals surface area contributed by atoms with Crippen LogP contribution in [0.25, 0.3) is 21.8 Å². The number of methoxy groups -OCH3 is 2. The molecule has 6 saturated heterocycles. The number of hydrogen-bond acceptors (Lipinski definition) is 24. The number of amides is 2. The number of likely N-dealkylation sites (tertiary alicyclic amines) is 2. The normalized spacial score (nSPS) is 30.6. The van der Waals surface area contributed by atoms with Crippen LogP contribution in [0, 0.1) is 51.2 Å². The Bertz CT molecular complexity index is 4330. The smallest absolute Gasteiger partial charge is 0.341 e. The van der Waals surface area contributed by atoms with Crippen LogP contribution in [-0.2, 0) is 23.8 Å². The number of fused-ring (bicyclic) bond motifs is 2. The molecule has 0 spiro atoms. The zero-order chi connectivity index (χ0) is 84.8. The first-order valence-corrected chi connectivity index (χ1v) is 43.7. The minimum atomic E-state index is -1.42. The first-order valence-electron chi connectivity index (χ1n) is 40.3. The van der Waals surface area contributed by atoms with Crippen LogP contribution in [0.15, 0.2) is 9.59 Å². The second-order valence-corrected chi connectivity index (χ2v) is 37.0. The molecule has 8 fully saturated rings. The van der Waals surface area contributed by atoms with Crippen molar-refractivity contribution < 1.29 is 87.4 Å². The second kappa shape index (κ2) is 37.7. The molecular weight excluding hydrogens is 1570 g/mol. The molecule has 20 atom stereocenters. The van der Waals surface area contributed by atoms with Crippen LogP contribution in [0.3, 0.4) is 0 Å². The molecule has 2 aliphatic carbocycles. The lowest BCUT2D eigenvalue weighted by Crippen LogP contribution is -2.69. The number of alkyl halides is 2. The number of halogens is 4. The largest absolute Gasteiger partial charge is 0.492 e. The number of aryl methyl sites for hydroxylation is 2. The monoisotopic (exact) mass is 1690 g/mol. The second-order valence-electron chi connectivity index (χ2n) is 33.2. The molecule has 2 aromatic carbocycles. The van der Waals surface area contributed by atoms with Gasteiger partial charge in [-0.25, -0.2) is 18.4 Å². The molecular formula is C81H122Cl2F2N10O18S2. The molecule has 0 radical (unpaired) electrons. The Morgan fingerprint density at radius 2 is 1.05 bits per heavy atom. The molecule has 8 heterocycles. The van der Waals surface area contributed by atoms with Gasteiger partial charge in [-0.3, -0.25) is 33.9 Å². The number of aromatic carboxylic acids is 2. The van der Waals surface area contributed by atoms with Crippen molar-refractivity contribution in [3.63, 3.8) is 0 Å². The highest BCUT2D eigenvalue weighted by Gasteiger charge is 2.57. The molecule has 8 unspecified atom stereocenters. The van der Waals surface area contributed by atoms with E-state index in [-0.39, 0.29) is 99.3 Å². The summed E-state index contributed by atoms with van der Waals surface area (Å²) in [6, 6.07) is -2.02. The maximum Gasteiger partial charge on any atom is 0.341 e. The number of piperazine rings is 2. The number of nitrogens with one attached hydrogen (secondary N) is 3. The number of aromatic nitrogens is 2. The Morgan fingerprint density at radius 3 is 1.43 bits per heavy atom. The predicted octanol–water partition coefficient (Wildman–Crippen LogP) is 7.46. The fraction of sp³-hybridized carbons (Fsp3) is 0.728. The lowest BCUT2D eigenvalue weighted by atomic mass is 9.89. The molecule has 4 aromatic rings. The van der Waals surface area contributed by atoms with E-state index >= 15 is 8.78 Å². The molecule has 2 saturated carbocycles. The number of carboxylic acid groups (broad SMARTS) is 2. The van der Waals surface area contributed by atoms with E-state index in [0.717, 1.165) is 77.3 Å². The molecule has 115 heavy (non-hydrogen) atoms. The number of aliphatic hydroxyl groups is 5. The van der Waals surface area contributed by atoms with Gasteiger partial charge in [0, 0.05) is 99.0 Å². The maximum atomic E-state index is 16.5. The molecule has 12 rings (SSSR count). The fourth-order valence-corrected chi connectivity index (χ4v) is 20.0. The maximum absolute atomic E-state index is 16.5. The van der Waals surface area contributed by atoms with Gasteiger partial charge in [0.1, 0.15) is 87.9 Å². The zero-order valence-corrected chi connectivity index (χ0v) is 72.7. The van der Waals surface area contributed by atoms with Gasteiger partial charge in [0.2, 0.25) is 22.7 Å². The van der Waals surface area contributed by atoms with Gasteiger partial charge >= 0.3 is 11.9 Å².